The number of hydrogen-bond acceptors (Lipinski definition) is 3. The van der Waals surface area contributed by atoms with Crippen molar-refractivity contribution in [2.75, 3.05) is 51.8 Å². The Morgan fingerprint density at radius 1 is 1.00 bits per heavy atom. The van der Waals surface area contributed by atoms with Crippen LogP contribution in [0.15, 0.2) is 0 Å². The molecule has 0 bridgehead atoms. The van der Waals surface area contributed by atoms with Crippen LogP contribution in [-0.4, -0.2) is 67.7 Å². The first-order valence-electron chi connectivity index (χ1n) is 7.01. The Morgan fingerprint density at radius 2 is 1.76 bits per heavy atom. The fourth-order valence-corrected chi connectivity index (χ4v) is 3.03. The van der Waals surface area contributed by atoms with Crippen LogP contribution in [0.1, 0.15) is 25.7 Å². The highest BCUT2D eigenvalue weighted by Crippen LogP contribution is 2.16. The van der Waals surface area contributed by atoms with Crippen LogP contribution in [0.4, 0.5) is 0 Å². The van der Waals surface area contributed by atoms with Gasteiger partial charge in [0.15, 0.2) is 0 Å². The van der Waals surface area contributed by atoms with Gasteiger partial charge in [-0.15, -0.1) is 11.6 Å². The predicted molar refractivity (Wildman–Crippen MR) is 71.8 cm³/mol. The number of halogens is 1. The molecule has 17 heavy (non-hydrogen) atoms. The number of nitrogens with zero attached hydrogens (tertiary/aromatic N) is 2. The smallest absolute Gasteiger partial charge is 0.0588 e. The standard InChI is InChI=1S/C13H25ClN2O/c14-5-9-16-7-2-6-15(10-11-16)8-4-13-3-1-12-17-13/h13H,1-12H2. The molecule has 2 aliphatic rings. The summed E-state index contributed by atoms with van der Waals surface area (Å²) >= 11 is 5.80. The monoisotopic (exact) mass is 260 g/mol. The van der Waals surface area contributed by atoms with E-state index in [4.69, 9.17) is 16.3 Å². The van der Waals surface area contributed by atoms with Gasteiger partial charge in [0.2, 0.25) is 0 Å². The van der Waals surface area contributed by atoms with Crippen LogP contribution >= 0.6 is 11.6 Å². The maximum absolute atomic E-state index is 5.80. The fraction of sp³-hybridized carbons (Fsp3) is 1.00. The van der Waals surface area contributed by atoms with E-state index in [1.54, 1.807) is 0 Å². The van der Waals surface area contributed by atoms with Crippen LogP contribution < -0.4 is 0 Å². The molecule has 0 aromatic heterocycles. The maximum Gasteiger partial charge on any atom is 0.0588 e. The van der Waals surface area contributed by atoms with Crippen molar-refractivity contribution in [3.63, 3.8) is 0 Å². The van der Waals surface area contributed by atoms with E-state index in [9.17, 15) is 0 Å². The lowest BCUT2D eigenvalue weighted by molar-refractivity contribution is 0.0924. The fourth-order valence-electron chi connectivity index (χ4n) is 2.79. The van der Waals surface area contributed by atoms with Gasteiger partial charge in [0.25, 0.3) is 0 Å². The lowest BCUT2D eigenvalue weighted by atomic mass is 10.2. The quantitative estimate of drug-likeness (QED) is 0.701. The van der Waals surface area contributed by atoms with Gasteiger partial charge in [-0.1, -0.05) is 0 Å². The van der Waals surface area contributed by atoms with E-state index in [0.717, 1.165) is 19.0 Å². The molecule has 2 saturated heterocycles. The van der Waals surface area contributed by atoms with Crippen LogP contribution in [0.2, 0.25) is 0 Å². The van der Waals surface area contributed by atoms with Gasteiger partial charge in [-0.25, -0.2) is 0 Å². The Bertz CT molecular complexity index is 210. The van der Waals surface area contributed by atoms with E-state index in [1.807, 2.05) is 0 Å². The van der Waals surface area contributed by atoms with Crippen LogP contribution in [0.25, 0.3) is 0 Å². The molecule has 0 N–H and O–H groups in total. The van der Waals surface area contributed by atoms with Crippen molar-refractivity contribution in [1.29, 1.82) is 0 Å². The summed E-state index contributed by atoms with van der Waals surface area (Å²) in [4.78, 5) is 5.08. The number of alkyl halides is 1. The first kappa shape index (κ1) is 13.6. The minimum absolute atomic E-state index is 0.539. The van der Waals surface area contributed by atoms with Crippen molar-refractivity contribution < 1.29 is 4.74 Å². The van der Waals surface area contributed by atoms with E-state index in [-0.39, 0.29) is 0 Å². The highest BCUT2D eigenvalue weighted by Gasteiger charge is 2.18. The van der Waals surface area contributed by atoms with Crippen LogP contribution in [0.3, 0.4) is 0 Å². The average molecular weight is 261 g/mol. The molecule has 0 aromatic carbocycles. The highest BCUT2D eigenvalue weighted by atomic mass is 35.5. The Labute approximate surface area is 110 Å². The van der Waals surface area contributed by atoms with Crippen molar-refractivity contribution in [2.24, 2.45) is 0 Å². The lowest BCUT2D eigenvalue weighted by Crippen LogP contribution is -2.33. The molecule has 0 spiro atoms. The summed E-state index contributed by atoms with van der Waals surface area (Å²) < 4.78 is 5.68. The number of hydrogen-bond donors (Lipinski definition) is 0. The van der Waals surface area contributed by atoms with Crippen LogP contribution in [0.5, 0.6) is 0 Å². The van der Waals surface area contributed by atoms with E-state index in [0.29, 0.717) is 6.10 Å². The first-order chi connectivity index (χ1) is 8.38. The van der Waals surface area contributed by atoms with Crippen molar-refractivity contribution in [1.82, 2.24) is 9.80 Å². The summed E-state index contributed by atoms with van der Waals surface area (Å²) in [5.74, 6) is 0.760. The summed E-state index contributed by atoms with van der Waals surface area (Å²) in [6.07, 6.45) is 5.57. The third kappa shape index (κ3) is 4.74. The van der Waals surface area contributed by atoms with Crippen molar-refractivity contribution in [3.8, 4) is 0 Å². The molecule has 3 nitrogen and oxygen atoms in total. The molecule has 2 heterocycles. The van der Waals surface area contributed by atoms with E-state index in [1.165, 1.54) is 58.4 Å². The third-order valence-corrected chi connectivity index (χ3v) is 4.04. The molecule has 0 aliphatic carbocycles. The molecule has 2 fully saturated rings. The molecule has 100 valence electrons. The molecule has 1 atom stereocenters. The topological polar surface area (TPSA) is 15.7 Å². The molecule has 1 unspecified atom stereocenters. The Kier molecular flexibility index (Phi) is 6.06. The molecule has 4 heteroatoms. The van der Waals surface area contributed by atoms with Gasteiger partial charge in [0.05, 0.1) is 6.10 Å². The molecule has 0 aromatic rings. The highest BCUT2D eigenvalue weighted by molar-refractivity contribution is 6.18. The Hall–Kier alpha value is 0.170. The molecule has 2 rings (SSSR count). The largest absolute Gasteiger partial charge is 0.378 e. The van der Waals surface area contributed by atoms with E-state index < -0.39 is 0 Å². The van der Waals surface area contributed by atoms with Gasteiger partial charge in [-0.3, -0.25) is 0 Å². The van der Waals surface area contributed by atoms with Gasteiger partial charge < -0.3 is 14.5 Å². The zero-order valence-corrected chi connectivity index (χ0v) is 11.5. The molecule has 2 aliphatic heterocycles. The van der Waals surface area contributed by atoms with Crippen molar-refractivity contribution >= 4 is 11.6 Å². The van der Waals surface area contributed by atoms with Crippen molar-refractivity contribution in [3.05, 3.63) is 0 Å². The Morgan fingerprint density at radius 3 is 2.41 bits per heavy atom. The van der Waals surface area contributed by atoms with Gasteiger partial charge in [0.1, 0.15) is 0 Å². The summed E-state index contributed by atoms with van der Waals surface area (Å²) in [6, 6.07) is 0. The SMILES string of the molecule is ClCCN1CCCN(CCC2CCCO2)CC1. The second kappa shape index (κ2) is 7.57. The van der Waals surface area contributed by atoms with Crippen molar-refractivity contribution in [2.45, 2.75) is 31.8 Å². The molecular formula is C13H25ClN2O. The van der Waals surface area contributed by atoms with Gasteiger partial charge in [-0.2, -0.15) is 0 Å². The van der Waals surface area contributed by atoms with E-state index >= 15 is 0 Å². The van der Waals surface area contributed by atoms with Gasteiger partial charge in [-0.05, 0) is 38.8 Å². The summed E-state index contributed by atoms with van der Waals surface area (Å²) in [7, 11) is 0. The zero-order valence-electron chi connectivity index (χ0n) is 10.7. The number of ether oxygens (including phenoxy) is 1. The van der Waals surface area contributed by atoms with Crippen LogP contribution in [0, 0.1) is 0 Å². The first-order valence-corrected chi connectivity index (χ1v) is 7.54. The van der Waals surface area contributed by atoms with Crippen LogP contribution in [-0.2, 0) is 4.74 Å². The summed E-state index contributed by atoms with van der Waals surface area (Å²) in [5, 5.41) is 0. The van der Waals surface area contributed by atoms with E-state index in [2.05, 4.69) is 9.80 Å². The molecule has 0 amide bonds. The minimum Gasteiger partial charge on any atom is -0.378 e. The third-order valence-electron chi connectivity index (χ3n) is 3.87. The van der Waals surface area contributed by atoms with Gasteiger partial charge in [0, 0.05) is 38.7 Å². The molecule has 0 radical (unpaired) electrons. The Balaban J connectivity index is 1.63. The maximum atomic E-state index is 5.80. The summed E-state index contributed by atoms with van der Waals surface area (Å²) in [5.41, 5.74) is 0. The minimum atomic E-state index is 0.539. The second-order valence-corrected chi connectivity index (χ2v) is 5.53. The molecular weight excluding hydrogens is 236 g/mol. The molecule has 0 saturated carbocycles. The normalized spacial score (nSPS) is 28.4. The average Bonchev–Trinajstić information content (AvgIpc) is 2.75. The van der Waals surface area contributed by atoms with Gasteiger partial charge >= 0.3 is 0 Å². The predicted octanol–water partition coefficient (Wildman–Crippen LogP) is 1.80. The summed E-state index contributed by atoms with van der Waals surface area (Å²) in [6.45, 7) is 8.06. The second-order valence-electron chi connectivity index (χ2n) is 5.15. The number of rotatable bonds is 5. The lowest BCUT2D eigenvalue weighted by Gasteiger charge is -2.22. The zero-order chi connectivity index (χ0) is 11.9.